The fourth-order valence-electron chi connectivity index (χ4n) is 2.03. The van der Waals surface area contributed by atoms with Gasteiger partial charge in [-0.15, -0.1) is 0 Å². The molecule has 0 spiro atoms. The van der Waals surface area contributed by atoms with Crippen molar-refractivity contribution in [3.8, 4) is 0 Å². The predicted molar refractivity (Wildman–Crippen MR) is 63.7 cm³/mol. The van der Waals surface area contributed by atoms with Gasteiger partial charge in [0.2, 0.25) is 5.95 Å². The van der Waals surface area contributed by atoms with E-state index < -0.39 is 0 Å². The molecular formula is C11H20N4O. The number of nitrogens with one attached hydrogen (secondary N) is 1. The number of likely N-dealkylation sites (N-methyl/N-ethyl adjacent to an activating group) is 1. The van der Waals surface area contributed by atoms with E-state index in [-0.39, 0.29) is 0 Å². The highest BCUT2D eigenvalue weighted by Gasteiger charge is 2.25. The minimum atomic E-state index is 0.384. The Bertz CT molecular complexity index is 326. The number of nitrogens with zero attached hydrogens (tertiary/aromatic N) is 3. The van der Waals surface area contributed by atoms with Crippen LogP contribution < -0.4 is 10.2 Å². The molecule has 2 rings (SSSR count). The van der Waals surface area contributed by atoms with Gasteiger partial charge in [0.05, 0.1) is 19.3 Å². The third-order valence-corrected chi connectivity index (χ3v) is 2.91. The maximum Gasteiger partial charge on any atom is 0.205 e. The van der Waals surface area contributed by atoms with E-state index in [4.69, 9.17) is 4.74 Å². The quantitative estimate of drug-likeness (QED) is 0.795. The normalized spacial score (nSPS) is 21.4. The van der Waals surface area contributed by atoms with Crippen LogP contribution in [-0.4, -0.2) is 48.4 Å². The molecule has 1 N–H and O–H groups in total. The molecule has 1 atom stereocenters. The Hall–Kier alpha value is -1.07. The van der Waals surface area contributed by atoms with Crippen molar-refractivity contribution in [2.45, 2.75) is 13.0 Å². The lowest BCUT2D eigenvalue weighted by molar-refractivity contribution is 0.0928. The summed E-state index contributed by atoms with van der Waals surface area (Å²) in [5, 5.41) is 3.37. The Balaban J connectivity index is 2.07. The Kier molecular flexibility index (Phi) is 3.79. The zero-order valence-electron chi connectivity index (χ0n) is 10.0. The fraction of sp³-hybridized carbons (Fsp3) is 0.727. The first kappa shape index (κ1) is 11.4. The van der Waals surface area contributed by atoms with Gasteiger partial charge in [-0.25, -0.2) is 4.98 Å². The Labute approximate surface area is 96.4 Å². The molecule has 2 heterocycles. The van der Waals surface area contributed by atoms with Crippen LogP contribution in [0.3, 0.4) is 0 Å². The minimum absolute atomic E-state index is 0.384. The van der Waals surface area contributed by atoms with E-state index in [0.29, 0.717) is 6.04 Å². The second-order valence-electron chi connectivity index (χ2n) is 4.07. The van der Waals surface area contributed by atoms with Crippen LogP contribution >= 0.6 is 0 Å². The lowest BCUT2D eigenvalue weighted by atomic mass is 10.2. The van der Waals surface area contributed by atoms with Gasteiger partial charge in [-0.3, -0.25) is 0 Å². The van der Waals surface area contributed by atoms with E-state index in [0.717, 1.165) is 38.8 Å². The molecule has 1 aromatic rings. The van der Waals surface area contributed by atoms with E-state index in [1.54, 1.807) is 0 Å². The van der Waals surface area contributed by atoms with Crippen molar-refractivity contribution in [1.29, 1.82) is 0 Å². The highest BCUT2D eigenvalue weighted by Crippen LogP contribution is 2.16. The van der Waals surface area contributed by atoms with E-state index in [2.05, 4.69) is 26.7 Å². The first-order valence-electron chi connectivity index (χ1n) is 5.85. The number of morpholine rings is 1. The van der Waals surface area contributed by atoms with E-state index in [1.165, 1.54) is 0 Å². The molecule has 1 aromatic heterocycles. The van der Waals surface area contributed by atoms with Crippen molar-refractivity contribution in [2.75, 3.05) is 37.7 Å². The number of ether oxygens (including phenoxy) is 1. The Morgan fingerprint density at radius 2 is 2.50 bits per heavy atom. The molecule has 1 aliphatic heterocycles. The molecule has 90 valence electrons. The minimum Gasteiger partial charge on any atom is -0.377 e. The summed E-state index contributed by atoms with van der Waals surface area (Å²) in [5.41, 5.74) is 0. The molecule has 0 radical (unpaired) electrons. The van der Waals surface area contributed by atoms with Gasteiger partial charge >= 0.3 is 0 Å². The van der Waals surface area contributed by atoms with Gasteiger partial charge < -0.3 is 19.5 Å². The Morgan fingerprint density at radius 1 is 1.62 bits per heavy atom. The van der Waals surface area contributed by atoms with Crippen LogP contribution in [-0.2, 0) is 11.8 Å². The molecule has 0 amide bonds. The highest BCUT2D eigenvalue weighted by atomic mass is 16.5. The maximum absolute atomic E-state index is 5.53. The SMILES string of the molecule is CCNCC1COCCN1c1nccn1C. The van der Waals surface area contributed by atoms with Crippen molar-refractivity contribution < 1.29 is 4.74 Å². The Morgan fingerprint density at radius 3 is 3.19 bits per heavy atom. The fourth-order valence-corrected chi connectivity index (χ4v) is 2.03. The molecule has 0 aliphatic carbocycles. The van der Waals surface area contributed by atoms with Crippen molar-refractivity contribution in [1.82, 2.24) is 14.9 Å². The maximum atomic E-state index is 5.53. The molecular weight excluding hydrogens is 204 g/mol. The number of aryl methyl sites for hydroxylation is 1. The third kappa shape index (κ3) is 2.36. The second-order valence-corrected chi connectivity index (χ2v) is 4.07. The molecule has 1 unspecified atom stereocenters. The smallest absolute Gasteiger partial charge is 0.205 e. The molecule has 5 nitrogen and oxygen atoms in total. The number of aromatic nitrogens is 2. The summed E-state index contributed by atoms with van der Waals surface area (Å²) in [6, 6.07) is 0.384. The van der Waals surface area contributed by atoms with E-state index in [1.807, 2.05) is 19.4 Å². The van der Waals surface area contributed by atoms with Crippen LogP contribution in [0.1, 0.15) is 6.92 Å². The van der Waals surface area contributed by atoms with Crippen molar-refractivity contribution in [2.24, 2.45) is 7.05 Å². The molecule has 16 heavy (non-hydrogen) atoms. The molecule has 1 fully saturated rings. The van der Waals surface area contributed by atoms with Crippen LogP contribution in [0.4, 0.5) is 5.95 Å². The van der Waals surface area contributed by atoms with Crippen LogP contribution in [0, 0.1) is 0 Å². The monoisotopic (exact) mass is 224 g/mol. The van der Waals surface area contributed by atoms with E-state index in [9.17, 15) is 0 Å². The lowest BCUT2D eigenvalue weighted by Gasteiger charge is -2.36. The van der Waals surface area contributed by atoms with Gasteiger partial charge in [-0.2, -0.15) is 0 Å². The molecule has 1 saturated heterocycles. The van der Waals surface area contributed by atoms with Gasteiger partial charge in [-0.1, -0.05) is 6.92 Å². The van der Waals surface area contributed by atoms with Crippen LogP contribution in [0.25, 0.3) is 0 Å². The van der Waals surface area contributed by atoms with Gasteiger partial charge in [-0.05, 0) is 6.54 Å². The molecule has 1 aliphatic rings. The number of anilines is 1. The van der Waals surface area contributed by atoms with Gasteiger partial charge in [0.15, 0.2) is 0 Å². The number of hydrogen-bond donors (Lipinski definition) is 1. The molecule has 5 heteroatoms. The van der Waals surface area contributed by atoms with Crippen molar-refractivity contribution in [3.05, 3.63) is 12.4 Å². The van der Waals surface area contributed by atoms with Crippen LogP contribution in [0.15, 0.2) is 12.4 Å². The topological polar surface area (TPSA) is 42.3 Å². The van der Waals surface area contributed by atoms with Crippen LogP contribution in [0.5, 0.6) is 0 Å². The second kappa shape index (κ2) is 5.32. The number of rotatable bonds is 4. The van der Waals surface area contributed by atoms with Crippen molar-refractivity contribution >= 4 is 5.95 Å². The van der Waals surface area contributed by atoms with Gasteiger partial charge in [0.25, 0.3) is 0 Å². The molecule has 0 bridgehead atoms. The largest absolute Gasteiger partial charge is 0.377 e. The molecule has 0 saturated carbocycles. The number of hydrogen-bond acceptors (Lipinski definition) is 4. The first-order valence-corrected chi connectivity index (χ1v) is 5.85. The lowest BCUT2D eigenvalue weighted by Crippen LogP contribution is -2.51. The summed E-state index contributed by atoms with van der Waals surface area (Å²) in [7, 11) is 2.03. The van der Waals surface area contributed by atoms with E-state index >= 15 is 0 Å². The zero-order valence-corrected chi connectivity index (χ0v) is 10.0. The number of imidazole rings is 1. The first-order chi connectivity index (χ1) is 7.83. The van der Waals surface area contributed by atoms with Gasteiger partial charge in [0.1, 0.15) is 0 Å². The average Bonchev–Trinajstić information content (AvgIpc) is 2.73. The summed E-state index contributed by atoms with van der Waals surface area (Å²) >= 11 is 0. The summed E-state index contributed by atoms with van der Waals surface area (Å²) in [4.78, 5) is 6.73. The zero-order chi connectivity index (χ0) is 11.4. The summed E-state index contributed by atoms with van der Waals surface area (Å²) in [6.07, 6.45) is 3.82. The standard InChI is InChI=1S/C11H20N4O/c1-3-12-8-10-9-16-7-6-15(10)11-13-4-5-14(11)2/h4-5,10,12H,3,6-9H2,1-2H3. The van der Waals surface area contributed by atoms with Gasteiger partial charge in [0, 0.05) is 32.5 Å². The molecule has 0 aromatic carbocycles. The van der Waals surface area contributed by atoms with Crippen molar-refractivity contribution in [3.63, 3.8) is 0 Å². The summed E-state index contributed by atoms with van der Waals surface area (Å²) in [6.45, 7) is 6.54. The predicted octanol–water partition coefficient (Wildman–Crippen LogP) is 0.235. The summed E-state index contributed by atoms with van der Waals surface area (Å²) in [5.74, 6) is 1.03. The average molecular weight is 224 g/mol. The highest BCUT2D eigenvalue weighted by molar-refractivity contribution is 5.33. The van der Waals surface area contributed by atoms with Crippen LogP contribution in [0.2, 0.25) is 0 Å². The summed E-state index contributed by atoms with van der Waals surface area (Å²) < 4.78 is 7.59. The third-order valence-electron chi connectivity index (χ3n) is 2.91.